The van der Waals surface area contributed by atoms with Gasteiger partial charge in [-0.1, -0.05) is 47.2 Å². The molecule has 0 aromatic carbocycles. The molecule has 100 valence electrons. The van der Waals surface area contributed by atoms with E-state index in [1.807, 2.05) is 12.2 Å². The van der Waals surface area contributed by atoms with E-state index in [9.17, 15) is 0 Å². The fraction of sp³-hybridized carbons (Fsp3) is 0.600. The Morgan fingerprint density at radius 2 is 2.17 bits per heavy atom. The van der Waals surface area contributed by atoms with E-state index < -0.39 is 0 Å². The van der Waals surface area contributed by atoms with Crippen LogP contribution in [0, 0.1) is 12.3 Å². The number of alkyl halides is 2. The third-order valence-electron chi connectivity index (χ3n) is 2.96. The molecule has 0 saturated heterocycles. The molecule has 0 bridgehead atoms. The van der Waals surface area contributed by atoms with Gasteiger partial charge < -0.3 is 4.74 Å². The Balaban J connectivity index is 2.59. The summed E-state index contributed by atoms with van der Waals surface area (Å²) in [6.45, 7) is 2.15. The van der Waals surface area contributed by atoms with E-state index in [1.165, 1.54) is 0 Å². The molecule has 0 aliphatic carbocycles. The van der Waals surface area contributed by atoms with Crippen molar-refractivity contribution < 1.29 is 4.74 Å². The minimum Gasteiger partial charge on any atom is -0.371 e. The second-order valence-corrected chi connectivity index (χ2v) is 6.04. The average molecular weight is 332 g/mol. The molecule has 1 aliphatic rings. The molecule has 1 rings (SSSR count). The Kier molecular flexibility index (Phi) is 7.74. The van der Waals surface area contributed by atoms with Gasteiger partial charge in [0, 0.05) is 11.2 Å². The molecule has 18 heavy (non-hydrogen) atoms. The summed E-state index contributed by atoms with van der Waals surface area (Å²) in [5.74, 6) is 2.57. The Bertz CT molecular complexity index is 332. The molecule has 0 aromatic heterocycles. The summed E-state index contributed by atoms with van der Waals surface area (Å²) in [7, 11) is 0. The Labute approximate surface area is 124 Å². The first-order chi connectivity index (χ1) is 8.69. The maximum Gasteiger partial charge on any atom is 0.0812 e. The topological polar surface area (TPSA) is 9.23 Å². The van der Waals surface area contributed by atoms with E-state index >= 15 is 0 Å². The van der Waals surface area contributed by atoms with Crippen LogP contribution in [0.15, 0.2) is 24.3 Å². The number of rotatable bonds is 5. The third kappa shape index (κ3) is 5.18. The van der Waals surface area contributed by atoms with Gasteiger partial charge in [-0.25, -0.2) is 0 Å². The van der Waals surface area contributed by atoms with Crippen molar-refractivity contribution in [3.05, 3.63) is 24.3 Å². The van der Waals surface area contributed by atoms with Crippen LogP contribution in [-0.4, -0.2) is 22.4 Å². The van der Waals surface area contributed by atoms with E-state index in [2.05, 4.69) is 40.9 Å². The van der Waals surface area contributed by atoms with Crippen LogP contribution in [0.1, 0.15) is 32.6 Å². The van der Waals surface area contributed by atoms with Crippen molar-refractivity contribution in [1.82, 2.24) is 0 Å². The molecule has 0 radical (unpaired) electrons. The maximum absolute atomic E-state index is 6.35. The van der Waals surface area contributed by atoms with Gasteiger partial charge in [-0.15, -0.1) is 23.9 Å². The molecule has 0 fully saturated rings. The Morgan fingerprint density at radius 1 is 1.50 bits per heavy atom. The molecular weight excluding hydrogens is 312 g/mol. The SMILES string of the molecule is C#CC/C=C/[C@@H](Cl)[C@H]1CC=CC[C@@H]([C@@H](Br)CC)O1. The normalized spacial score (nSPS) is 27.7. The summed E-state index contributed by atoms with van der Waals surface area (Å²) in [4.78, 5) is 0.376. The molecule has 1 aliphatic heterocycles. The molecule has 3 heteroatoms. The summed E-state index contributed by atoms with van der Waals surface area (Å²) < 4.78 is 6.11. The van der Waals surface area contributed by atoms with E-state index in [0.717, 1.165) is 19.3 Å². The number of terminal acetylenes is 1. The lowest BCUT2D eigenvalue weighted by atomic mass is 10.1. The van der Waals surface area contributed by atoms with Gasteiger partial charge in [0.25, 0.3) is 0 Å². The number of hydrogen-bond donors (Lipinski definition) is 0. The van der Waals surface area contributed by atoms with Crippen molar-refractivity contribution in [1.29, 1.82) is 0 Å². The molecule has 1 heterocycles. The number of allylic oxidation sites excluding steroid dienone is 1. The van der Waals surface area contributed by atoms with Crippen molar-refractivity contribution in [3.8, 4) is 12.3 Å². The first-order valence-electron chi connectivity index (χ1n) is 6.37. The lowest BCUT2D eigenvalue weighted by molar-refractivity contribution is -0.00154. The van der Waals surface area contributed by atoms with Gasteiger partial charge in [-0.2, -0.15) is 0 Å². The summed E-state index contributed by atoms with van der Waals surface area (Å²) >= 11 is 10.0. The van der Waals surface area contributed by atoms with E-state index in [1.54, 1.807) is 0 Å². The zero-order chi connectivity index (χ0) is 13.4. The Hall–Kier alpha value is -0.230. The first-order valence-corrected chi connectivity index (χ1v) is 7.73. The first kappa shape index (κ1) is 15.8. The van der Waals surface area contributed by atoms with Crippen LogP contribution in [-0.2, 0) is 4.74 Å². The molecule has 0 saturated carbocycles. The van der Waals surface area contributed by atoms with E-state index in [0.29, 0.717) is 11.2 Å². The molecular formula is C15H20BrClO. The highest BCUT2D eigenvalue weighted by Crippen LogP contribution is 2.25. The average Bonchev–Trinajstić information content (AvgIpc) is 2.63. The van der Waals surface area contributed by atoms with Crippen molar-refractivity contribution in [2.75, 3.05) is 0 Å². The van der Waals surface area contributed by atoms with Gasteiger partial charge in [0.15, 0.2) is 0 Å². The predicted molar refractivity (Wildman–Crippen MR) is 82.3 cm³/mol. The quantitative estimate of drug-likeness (QED) is 0.411. The van der Waals surface area contributed by atoms with Crippen molar-refractivity contribution >= 4 is 27.5 Å². The van der Waals surface area contributed by atoms with Crippen molar-refractivity contribution in [2.24, 2.45) is 0 Å². The number of halogens is 2. The van der Waals surface area contributed by atoms with Crippen LogP contribution in [0.25, 0.3) is 0 Å². The largest absolute Gasteiger partial charge is 0.371 e. The molecule has 4 atom stereocenters. The van der Waals surface area contributed by atoms with Gasteiger partial charge in [0.05, 0.1) is 17.6 Å². The number of hydrogen-bond acceptors (Lipinski definition) is 1. The molecule has 0 aromatic rings. The molecule has 0 N–H and O–H groups in total. The molecule has 1 nitrogen and oxygen atoms in total. The zero-order valence-electron chi connectivity index (χ0n) is 10.7. The minimum absolute atomic E-state index is 0.0241. The summed E-state index contributed by atoms with van der Waals surface area (Å²) in [6.07, 6.45) is 17.1. The summed E-state index contributed by atoms with van der Waals surface area (Å²) in [6, 6.07) is 0. The standard InChI is InChI=1S/C15H20BrClO/c1-3-5-6-9-13(17)15-11-8-7-10-14(18-15)12(16)4-2/h1,6-9,12-15H,4-5,10-11H2,2H3/b9-6+/t12-,13+,14-,15+/m0/s1. The van der Waals surface area contributed by atoms with Gasteiger partial charge >= 0.3 is 0 Å². The van der Waals surface area contributed by atoms with Crippen LogP contribution < -0.4 is 0 Å². The van der Waals surface area contributed by atoms with Crippen LogP contribution in [0.2, 0.25) is 0 Å². The smallest absolute Gasteiger partial charge is 0.0812 e. The van der Waals surface area contributed by atoms with Crippen LogP contribution in [0.5, 0.6) is 0 Å². The lowest BCUT2D eigenvalue weighted by Crippen LogP contribution is -2.32. The maximum atomic E-state index is 6.35. The number of ether oxygens (including phenoxy) is 1. The van der Waals surface area contributed by atoms with Crippen molar-refractivity contribution in [3.63, 3.8) is 0 Å². The summed E-state index contributed by atoms with van der Waals surface area (Å²) in [5.41, 5.74) is 0. The Morgan fingerprint density at radius 3 is 2.78 bits per heavy atom. The summed E-state index contributed by atoms with van der Waals surface area (Å²) in [5, 5.41) is -0.125. The fourth-order valence-corrected chi connectivity index (χ4v) is 2.49. The van der Waals surface area contributed by atoms with Gasteiger partial charge in [0.2, 0.25) is 0 Å². The highest BCUT2D eigenvalue weighted by molar-refractivity contribution is 9.09. The molecule has 0 unspecified atom stereocenters. The second-order valence-electron chi connectivity index (χ2n) is 4.36. The molecule has 0 amide bonds. The predicted octanol–water partition coefficient (Wildman–Crippen LogP) is 4.45. The van der Waals surface area contributed by atoms with Gasteiger partial charge in [-0.05, 0) is 19.3 Å². The lowest BCUT2D eigenvalue weighted by Gasteiger charge is -2.26. The fourth-order valence-electron chi connectivity index (χ4n) is 1.89. The zero-order valence-corrected chi connectivity index (χ0v) is 13.0. The van der Waals surface area contributed by atoms with Gasteiger partial charge in [-0.3, -0.25) is 0 Å². The third-order valence-corrected chi connectivity index (χ3v) is 4.62. The highest BCUT2D eigenvalue weighted by Gasteiger charge is 2.26. The minimum atomic E-state index is -0.125. The highest BCUT2D eigenvalue weighted by atomic mass is 79.9. The van der Waals surface area contributed by atoms with E-state index in [-0.39, 0.29) is 17.6 Å². The molecule has 0 spiro atoms. The van der Waals surface area contributed by atoms with Crippen molar-refractivity contribution in [2.45, 2.75) is 55.0 Å². The van der Waals surface area contributed by atoms with Crippen LogP contribution >= 0.6 is 27.5 Å². The van der Waals surface area contributed by atoms with Crippen LogP contribution in [0.3, 0.4) is 0 Å². The van der Waals surface area contributed by atoms with Crippen LogP contribution in [0.4, 0.5) is 0 Å². The van der Waals surface area contributed by atoms with E-state index in [4.69, 9.17) is 22.8 Å². The monoisotopic (exact) mass is 330 g/mol. The second kappa shape index (κ2) is 8.80. The van der Waals surface area contributed by atoms with Gasteiger partial charge in [0.1, 0.15) is 0 Å².